The van der Waals surface area contributed by atoms with Crippen molar-refractivity contribution in [2.45, 2.75) is 6.54 Å². The third-order valence-electron chi connectivity index (χ3n) is 2.88. The van der Waals surface area contributed by atoms with E-state index in [4.69, 9.17) is 21.1 Å². The molecule has 0 saturated carbocycles. The van der Waals surface area contributed by atoms with E-state index < -0.39 is 0 Å². The molecule has 0 spiro atoms. The zero-order valence-corrected chi connectivity index (χ0v) is 11.8. The first-order chi connectivity index (χ1) is 10.2. The number of amides is 1. The summed E-state index contributed by atoms with van der Waals surface area (Å²) in [6.45, 7) is 0.409. The second kappa shape index (κ2) is 5.80. The van der Waals surface area contributed by atoms with Gasteiger partial charge in [0.05, 0.1) is 12.8 Å². The molecule has 0 bridgehead atoms. The van der Waals surface area contributed by atoms with Crippen molar-refractivity contribution >= 4 is 34.2 Å². The molecular weight excluding hydrogens is 288 g/mol. The van der Waals surface area contributed by atoms with E-state index >= 15 is 0 Å². The highest BCUT2D eigenvalue weighted by molar-refractivity contribution is 7.80. The van der Waals surface area contributed by atoms with Gasteiger partial charge in [-0.1, -0.05) is 18.2 Å². The van der Waals surface area contributed by atoms with Crippen LogP contribution in [0.2, 0.25) is 0 Å². The van der Waals surface area contributed by atoms with Gasteiger partial charge in [0.15, 0.2) is 10.9 Å². The average molecular weight is 300 g/mol. The highest BCUT2D eigenvalue weighted by atomic mass is 32.1. The van der Waals surface area contributed by atoms with Crippen molar-refractivity contribution in [3.8, 4) is 0 Å². The van der Waals surface area contributed by atoms with Crippen molar-refractivity contribution < 1.29 is 13.6 Å². The fourth-order valence-corrected chi connectivity index (χ4v) is 2.05. The number of fused-ring (bicyclic) bond motifs is 1. The lowest BCUT2D eigenvalue weighted by Gasteiger charge is -2.06. The fourth-order valence-electron chi connectivity index (χ4n) is 1.88. The van der Waals surface area contributed by atoms with E-state index in [2.05, 4.69) is 10.6 Å². The summed E-state index contributed by atoms with van der Waals surface area (Å²) in [6.07, 6.45) is 1.58. The molecule has 0 aliphatic carbocycles. The minimum Gasteiger partial charge on any atom is -0.467 e. The van der Waals surface area contributed by atoms with Crippen molar-refractivity contribution in [2.24, 2.45) is 0 Å². The van der Waals surface area contributed by atoms with Crippen LogP contribution >= 0.6 is 12.2 Å². The van der Waals surface area contributed by atoms with Gasteiger partial charge in [0.25, 0.3) is 5.91 Å². The minimum atomic E-state index is -0.386. The van der Waals surface area contributed by atoms with E-state index in [0.29, 0.717) is 12.1 Å². The Morgan fingerprint density at radius 1 is 1.19 bits per heavy atom. The lowest BCUT2D eigenvalue weighted by molar-refractivity contribution is 0.0951. The smallest absolute Gasteiger partial charge is 0.293 e. The molecule has 0 aliphatic heterocycles. The van der Waals surface area contributed by atoms with Gasteiger partial charge in [-0.3, -0.25) is 10.1 Å². The first-order valence-corrected chi connectivity index (χ1v) is 6.73. The molecule has 6 heteroatoms. The molecule has 2 aromatic heterocycles. The van der Waals surface area contributed by atoms with Crippen LogP contribution in [0, 0.1) is 0 Å². The van der Waals surface area contributed by atoms with E-state index in [1.165, 1.54) is 0 Å². The van der Waals surface area contributed by atoms with E-state index in [-0.39, 0.29) is 16.8 Å². The van der Waals surface area contributed by atoms with Crippen LogP contribution in [0.1, 0.15) is 16.3 Å². The van der Waals surface area contributed by atoms with Crippen LogP contribution in [0.4, 0.5) is 0 Å². The van der Waals surface area contributed by atoms with Crippen LogP contribution in [0.15, 0.2) is 57.6 Å². The van der Waals surface area contributed by atoms with Crippen LogP contribution in [0.5, 0.6) is 0 Å². The first kappa shape index (κ1) is 13.4. The van der Waals surface area contributed by atoms with Gasteiger partial charge in [0.1, 0.15) is 11.3 Å². The summed E-state index contributed by atoms with van der Waals surface area (Å²) in [7, 11) is 0. The predicted molar refractivity (Wildman–Crippen MR) is 81.8 cm³/mol. The van der Waals surface area contributed by atoms with Crippen molar-refractivity contribution in [2.75, 3.05) is 0 Å². The predicted octanol–water partition coefficient (Wildman–Crippen LogP) is 2.83. The number of benzene rings is 1. The van der Waals surface area contributed by atoms with E-state index in [1.54, 1.807) is 24.5 Å². The van der Waals surface area contributed by atoms with Gasteiger partial charge in [-0.15, -0.1) is 0 Å². The highest BCUT2D eigenvalue weighted by Gasteiger charge is 2.13. The average Bonchev–Trinajstić information content (AvgIpc) is 3.14. The molecule has 0 fully saturated rings. The molecule has 1 aromatic carbocycles. The Morgan fingerprint density at radius 2 is 2.05 bits per heavy atom. The minimum absolute atomic E-state index is 0.219. The maximum atomic E-state index is 12.0. The normalized spacial score (nSPS) is 10.5. The summed E-state index contributed by atoms with van der Waals surface area (Å²) in [5.41, 5.74) is 0.664. The van der Waals surface area contributed by atoms with E-state index in [1.807, 2.05) is 24.3 Å². The molecule has 2 heterocycles. The van der Waals surface area contributed by atoms with Crippen LogP contribution in [0.3, 0.4) is 0 Å². The number of rotatable bonds is 3. The monoisotopic (exact) mass is 300 g/mol. The Kier molecular flexibility index (Phi) is 3.70. The van der Waals surface area contributed by atoms with Gasteiger partial charge in [-0.2, -0.15) is 0 Å². The number of thiocarbonyl (C=S) groups is 1. The summed E-state index contributed by atoms with van der Waals surface area (Å²) < 4.78 is 10.6. The Balaban J connectivity index is 1.61. The molecule has 0 unspecified atom stereocenters. The molecule has 1 amide bonds. The molecule has 21 heavy (non-hydrogen) atoms. The molecule has 3 rings (SSSR count). The Morgan fingerprint density at radius 3 is 2.81 bits per heavy atom. The third-order valence-corrected chi connectivity index (χ3v) is 3.13. The summed E-state index contributed by atoms with van der Waals surface area (Å²) in [6, 6.07) is 12.7. The number of hydrogen-bond acceptors (Lipinski definition) is 4. The Labute approximate surface area is 125 Å². The van der Waals surface area contributed by atoms with Crippen molar-refractivity contribution in [1.82, 2.24) is 10.6 Å². The van der Waals surface area contributed by atoms with Gasteiger partial charge < -0.3 is 14.2 Å². The number of furan rings is 2. The zero-order chi connectivity index (χ0) is 14.7. The maximum absolute atomic E-state index is 12.0. The van der Waals surface area contributed by atoms with Crippen molar-refractivity contribution in [3.63, 3.8) is 0 Å². The van der Waals surface area contributed by atoms with Gasteiger partial charge in [0.2, 0.25) is 0 Å². The molecule has 5 nitrogen and oxygen atoms in total. The lowest BCUT2D eigenvalue weighted by atomic mass is 10.2. The number of nitrogens with one attached hydrogen (secondary N) is 2. The largest absolute Gasteiger partial charge is 0.467 e. The van der Waals surface area contributed by atoms with E-state index in [9.17, 15) is 4.79 Å². The van der Waals surface area contributed by atoms with E-state index in [0.717, 1.165) is 11.1 Å². The van der Waals surface area contributed by atoms with Gasteiger partial charge in [0, 0.05) is 5.39 Å². The van der Waals surface area contributed by atoms with Crippen LogP contribution < -0.4 is 10.6 Å². The summed E-state index contributed by atoms with van der Waals surface area (Å²) >= 11 is 5.06. The SMILES string of the molecule is O=C(NC(=S)NCc1ccco1)c1cc2ccccc2o1. The molecule has 0 saturated heterocycles. The van der Waals surface area contributed by atoms with Crippen molar-refractivity contribution in [3.05, 3.63) is 60.2 Å². The lowest BCUT2D eigenvalue weighted by Crippen LogP contribution is -2.38. The van der Waals surface area contributed by atoms with Crippen molar-refractivity contribution in [1.29, 1.82) is 0 Å². The molecule has 0 aliphatic rings. The van der Waals surface area contributed by atoms with Gasteiger partial charge in [-0.25, -0.2) is 0 Å². The zero-order valence-electron chi connectivity index (χ0n) is 11.0. The molecular formula is C15H12N2O3S. The topological polar surface area (TPSA) is 67.4 Å². The van der Waals surface area contributed by atoms with Gasteiger partial charge >= 0.3 is 0 Å². The third kappa shape index (κ3) is 3.11. The number of carbonyl (C=O) groups excluding carboxylic acids is 1. The quantitative estimate of drug-likeness (QED) is 0.728. The first-order valence-electron chi connectivity index (χ1n) is 6.32. The molecule has 3 aromatic rings. The summed E-state index contributed by atoms with van der Waals surface area (Å²) in [4.78, 5) is 12.0. The standard InChI is InChI=1S/C15H12N2O3S/c18-14(13-8-10-4-1-2-6-12(10)20-13)17-15(21)16-9-11-5-3-7-19-11/h1-8H,9H2,(H2,16,17,18,21). The van der Waals surface area contributed by atoms with Crippen LogP contribution in [-0.4, -0.2) is 11.0 Å². The number of carbonyl (C=O) groups is 1. The molecule has 2 N–H and O–H groups in total. The second-order valence-corrected chi connectivity index (χ2v) is 4.77. The summed E-state index contributed by atoms with van der Waals surface area (Å²) in [5, 5.41) is 6.54. The highest BCUT2D eigenvalue weighted by Crippen LogP contribution is 2.18. The maximum Gasteiger partial charge on any atom is 0.293 e. The number of hydrogen-bond donors (Lipinski definition) is 2. The summed E-state index contributed by atoms with van der Waals surface area (Å²) in [5.74, 6) is 0.567. The second-order valence-electron chi connectivity index (χ2n) is 4.36. The fraction of sp³-hybridized carbons (Fsp3) is 0.0667. The molecule has 0 atom stereocenters. The number of para-hydroxylation sites is 1. The molecule has 0 radical (unpaired) electrons. The van der Waals surface area contributed by atoms with Crippen LogP contribution in [0.25, 0.3) is 11.0 Å². The molecule has 106 valence electrons. The van der Waals surface area contributed by atoms with Gasteiger partial charge in [-0.05, 0) is 36.5 Å². The Bertz CT molecular complexity index is 744. The Hall–Kier alpha value is -2.60. The van der Waals surface area contributed by atoms with Crippen LogP contribution in [-0.2, 0) is 6.54 Å².